The van der Waals surface area contributed by atoms with Gasteiger partial charge in [0.1, 0.15) is 0 Å². The number of rotatable bonds is 5. The Morgan fingerprint density at radius 2 is 2.25 bits per heavy atom. The Hall–Kier alpha value is -0.890. The van der Waals surface area contributed by atoms with Gasteiger partial charge >= 0.3 is 0 Å². The summed E-state index contributed by atoms with van der Waals surface area (Å²) in [5, 5.41) is 3.27. The lowest BCUT2D eigenvalue weighted by atomic mass is 10.3. The number of hydrogen-bond donors (Lipinski definition) is 1. The van der Waals surface area contributed by atoms with Gasteiger partial charge in [-0.1, -0.05) is 20.4 Å². The summed E-state index contributed by atoms with van der Waals surface area (Å²) in [5.74, 6) is 0. The number of hydrogen-bond acceptors (Lipinski definition) is 2. The summed E-state index contributed by atoms with van der Waals surface area (Å²) < 4.78 is 0. The maximum Gasteiger partial charge on any atom is 0.0266 e. The number of nitrogens with zero attached hydrogens (tertiary/aromatic N) is 1. The molecule has 0 aliphatic rings. The molecule has 0 fully saturated rings. The standard InChI is InChI=1S/C10H18N2/c1-5-11-7-6-10(4)8-12-9(2)3/h5-7,9,12H,4,8H2,1-3H3/b7-6-,11-5?. The van der Waals surface area contributed by atoms with E-state index in [2.05, 4.69) is 30.7 Å². The first kappa shape index (κ1) is 11.1. The van der Waals surface area contributed by atoms with Gasteiger partial charge in [-0.3, -0.25) is 4.99 Å². The molecule has 0 aliphatic heterocycles. The Labute approximate surface area is 75.1 Å². The second kappa shape index (κ2) is 6.80. The van der Waals surface area contributed by atoms with Gasteiger partial charge in [0.15, 0.2) is 0 Å². The van der Waals surface area contributed by atoms with Crippen LogP contribution in [0, 0.1) is 0 Å². The van der Waals surface area contributed by atoms with E-state index in [-0.39, 0.29) is 0 Å². The SMILES string of the molecule is C=C(/C=C\N=CC)CNC(C)C. The molecule has 1 N–H and O–H groups in total. The van der Waals surface area contributed by atoms with Gasteiger partial charge < -0.3 is 5.32 Å². The first-order valence-corrected chi connectivity index (χ1v) is 4.22. The van der Waals surface area contributed by atoms with Gasteiger partial charge in [-0.15, -0.1) is 0 Å². The molecular weight excluding hydrogens is 148 g/mol. The van der Waals surface area contributed by atoms with Gasteiger partial charge in [-0.05, 0) is 18.6 Å². The van der Waals surface area contributed by atoms with Crippen LogP contribution in [-0.2, 0) is 0 Å². The van der Waals surface area contributed by atoms with Crippen LogP contribution in [0.3, 0.4) is 0 Å². The summed E-state index contributed by atoms with van der Waals surface area (Å²) in [4.78, 5) is 3.94. The van der Waals surface area contributed by atoms with Crippen molar-refractivity contribution < 1.29 is 0 Å². The van der Waals surface area contributed by atoms with Crippen LogP contribution in [0.5, 0.6) is 0 Å². The highest BCUT2D eigenvalue weighted by Crippen LogP contribution is 1.91. The fourth-order valence-electron chi connectivity index (χ4n) is 0.629. The topological polar surface area (TPSA) is 24.4 Å². The number of nitrogens with one attached hydrogen (secondary N) is 1. The molecule has 0 atom stereocenters. The molecule has 0 aromatic carbocycles. The van der Waals surface area contributed by atoms with Crippen LogP contribution in [-0.4, -0.2) is 18.8 Å². The van der Waals surface area contributed by atoms with E-state index in [9.17, 15) is 0 Å². The summed E-state index contributed by atoms with van der Waals surface area (Å²) in [6, 6.07) is 0.504. The van der Waals surface area contributed by atoms with E-state index in [0.717, 1.165) is 12.1 Å². The van der Waals surface area contributed by atoms with E-state index < -0.39 is 0 Å². The lowest BCUT2D eigenvalue weighted by Gasteiger charge is -2.06. The second-order valence-corrected chi connectivity index (χ2v) is 2.92. The van der Waals surface area contributed by atoms with Gasteiger partial charge in [-0.2, -0.15) is 0 Å². The first-order valence-electron chi connectivity index (χ1n) is 4.22. The molecule has 0 aliphatic carbocycles. The van der Waals surface area contributed by atoms with Crippen LogP contribution in [0.25, 0.3) is 0 Å². The third-order valence-electron chi connectivity index (χ3n) is 1.28. The van der Waals surface area contributed by atoms with Crippen LogP contribution < -0.4 is 5.32 Å². The molecule has 2 heteroatoms. The summed E-state index contributed by atoms with van der Waals surface area (Å²) >= 11 is 0. The Morgan fingerprint density at radius 3 is 2.75 bits per heavy atom. The van der Waals surface area contributed by atoms with Gasteiger partial charge in [0, 0.05) is 25.0 Å². The van der Waals surface area contributed by atoms with Crippen LogP contribution in [0.1, 0.15) is 20.8 Å². The minimum atomic E-state index is 0.504. The van der Waals surface area contributed by atoms with E-state index in [1.165, 1.54) is 0 Å². The second-order valence-electron chi connectivity index (χ2n) is 2.92. The summed E-state index contributed by atoms with van der Waals surface area (Å²) in [6.45, 7) is 10.8. The normalized spacial score (nSPS) is 12.0. The van der Waals surface area contributed by atoms with Crippen molar-refractivity contribution in [3.8, 4) is 0 Å². The average molecular weight is 166 g/mol. The Morgan fingerprint density at radius 1 is 1.58 bits per heavy atom. The molecule has 2 nitrogen and oxygen atoms in total. The quantitative estimate of drug-likeness (QED) is 0.491. The largest absolute Gasteiger partial charge is 0.310 e. The first-order chi connectivity index (χ1) is 5.66. The van der Waals surface area contributed by atoms with E-state index in [1.807, 2.05) is 13.0 Å². The van der Waals surface area contributed by atoms with Crippen molar-refractivity contribution in [1.82, 2.24) is 5.32 Å². The molecule has 0 spiro atoms. The highest BCUT2D eigenvalue weighted by atomic mass is 14.9. The van der Waals surface area contributed by atoms with Gasteiger partial charge in [0.2, 0.25) is 0 Å². The fourth-order valence-corrected chi connectivity index (χ4v) is 0.629. The lowest BCUT2D eigenvalue weighted by molar-refractivity contribution is 0.626. The third kappa shape index (κ3) is 7.22. The molecule has 0 heterocycles. The molecule has 0 bridgehead atoms. The average Bonchev–Trinajstić information content (AvgIpc) is 2.01. The Kier molecular flexibility index (Phi) is 6.29. The molecule has 0 unspecified atom stereocenters. The van der Waals surface area contributed by atoms with Crippen molar-refractivity contribution in [2.24, 2.45) is 4.99 Å². The minimum Gasteiger partial charge on any atom is -0.310 e. The van der Waals surface area contributed by atoms with Gasteiger partial charge in [-0.25, -0.2) is 0 Å². The molecule has 0 radical (unpaired) electrons. The van der Waals surface area contributed by atoms with Crippen LogP contribution in [0.15, 0.2) is 29.4 Å². The monoisotopic (exact) mass is 166 g/mol. The molecule has 0 saturated carbocycles. The highest BCUT2D eigenvalue weighted by Gasteiger charge is 1.91. The van der Waals surface area contributed by atoms with Crippen molar-refractivity contribution in [3.05, 3.63) is 24.4 Å². The molecule has 0 aromatic rings. The summed E-state index contributed by atoms with van der Waals surface area (Å²) in [6.07, 6.45) is 5.42. The van der Waals surface area contributed by atoms with Crippen LogP contribution in [0.4, 0.5) is 0 Å². The zero-order chi connectivity index (χ0) is 9.40. The van der Waals surface area contributed by atoms with E-state index in [1.54, 1.807) is 12.4 Å². The molecule has 0 amide bonds. The van der Waals surface area contributed by atoms with Crippen molar-refractivity contribution >= 4 is 6.21 Å². The zero-order valence-electron chi connectivity index (χ0n) is 8.17. The van der Waals surface area contributed by atoms with Crippen LogP contribution in [0.2, 0.25) is 0 Å². The van der Waals surface area contributed by atoms with Crippen LogP contribution >= 0.6 is 0 Å². The van der Waals surface area contributed by atoms with Crippen molar-refractivity contribution in [3.63, 3.8) is 0 Å². The minimum absolute atomic E-state index is 0.504. The predicted molar refractivity (Wildman–Crippen MR) is 55.6 cm³/mol. The smallest absolute Gasteiger partial charge is 0.0266 e. The molecule has 0 saturated heterocycles. The number of aliphatic imine (C=N–C) groups is 1. The van der Waals surface area contributed by atoms with Crippen molar-refractivity contribution in [1.29, 1.82) is 0 Å². The third-order valence-corrected chi connectivity index (χ3v) is 1.28. The van der Waals surface area contributed by atoms with E-state index >= 15 is 0 Å². The van der Waals surface area contributed by atoms with E-state index in [4.69, 9.17) is 0 Å². The van der Waals surface area contributed by atoms with Gasteiger partial charge in [0.25, 0.3) is 0 Å². The van der Waals surface area contributed by atoms with Crippen molar-refractivity contribution in [2.45, 2.75) is 26.8 Å². The Bertz CT molecular complexity index is 178. The predicted octanol–water partition coefficient (Wildman–Crippen LogP) is 2.14. The van der Waals surface area contributed by atoms with Gasteiger partial charge in [0.05, 0.1) is 0 Å². The molecule has 12 heavy (non-hydrogen) atoms. The lowest BCUT2D eigenvalue weighted by Crippen LogP contribution is -2.24. The summed E-state index contributed by atoms with van der Waals surface area (Å²) in [7, 11) is 0. The summed E-state index contributed by atoms with van der Waals surface area (Å²) in [5.41, 5.74) is 1.05. The molecule has 0 aromatic heterocycles. The molecular formula is C10H18N2. The molecule has 68 valence electrons. The van der Waals surface area contributed by atoms with E-state index in [0.29, 0.717) is 6.04 Å². The fraction of sp³-hybridized carbons (Fsp3) is 0.500. The maximum atomic E-state index is 3.94. The zero-order valence-corrected chi connectivity index (χ0v) is 8.17. The Balaban J connectivity index is 3.59. The highest BCUT2D eigenvalue weighted by molar-refractivity contribution is 5.54. The van der Waals surface area contributed by atoms with Crippen molar-refractivity contribution in [2.75, 3.05) is 6.54 Å². The molecule has 0 rings (SSSR count). The maximum absolute atomic E-state index is 3.94.